The molecule has 0 spiro atoms. The molecule has 2 N–H and O–H groups in total. The van der Waals surface area contributed by atoms with E-state index in [0.717, 1.165) is 5.56 Å². The second kappa shape index (κ2) is 12.1. The third-order valence-corrected chi connectivity index (χ3v) is 5.07. The van der Waals surface area contributed by atoms with Gasteiger partial charge in [-0.2, -0.15) is 0 Å². The zero-order valence-corrected chi connectivity index (χ0v) is 20.6. The van der Waals surface area contributed by atoms with Crippen LogP contribution in [0.5, 0.6) is 17.2 Å². The Balaban J connectivity index is 2.09. The van der Waals surface area contributed by atoms with Gasteiger partial charge in [0.2, 0.25) is 5.91 Å². The minimum Gasteiger partial charge on any atom is -0.494 e. The summed E-state index contributed by atoms with van der Waals surface area (Å²) < 4.78 is 16.6. The fourth-order valence-electron chi connectivity index (χ4n) is 3.32. The minimum absolute atomic E-state index is 0.0210. The number of nitrogens with one attached hydrogen (secondary N) is 2. The lowest BCUT2D eigenvalue weighted by molar-refractivity contribution is -0.124. The average molecular weight is 457 g/mol. The lowest BCUT2D eigenvalue weighted by atomic mass is 10.0. The number of ether oxygens (including phenoxy) is 3. The van der Waals surface area contributed by atoms with Gasteiger partial charge in [0, 0.05) is 5.56 Å². The number of hydrogen-bond donors (Lipinski definition) is 2. The van der Waals surface area contributed by atoms with Gasteiger partial charge >= 0.3 is 0 Å². The predicted octanol–water partition coefficient (Wildman–Crippen LogP) is 4.51. The number of methoxy groups -OCH3 is 1. The molecule has 0 aliphatic rings. The molecule has 0 saturated heterocycles. The molecule has 0 heterocycles. The lowest BCUT2D eigenvalue weighted by Crippen LogP contribution is -2.50. The van der Waals surface area contributed by atoms with E-state index >= 15 is 0 Å². The highest BCUT2D eigenvalue weighted by molar-refractivity contribution is 5.97. The van der Waals surface area contributed by atoms with Crippen LogP contribution < -0.4 is 24.8 Å². The Morgan fingerprint density at radius 1 is 0.909 bits per heavy atom. The molecule has 0 aliphatic carbocycles. The van der Waals surface area contributed by atoms with Gasteiger partial charge in [0.25, 0.3) is 5.91 Å². The van der Waals surface area contributed by atoms with Crippen LogP contribution in [-0.4, -0.2) is 37.7 Å². The van der Waals surface area contributed by atoms with Gasteiger partial charge in [-0.1, -0.05) is 19.9 Å². The van der Waals surface area contributed by atoms with E-state index in [1.807, 2.05) is 59.7 Å². The smallest absolute Gasteiger partial charge is 0.251 e. The van der Waals surface area contributed by atoms with Gasteiger partial charge in [-0.05, 0) is 75.6 Å². The first-order valence-corrected chi connectivity index (χ1v) is 11.3. The van der Waals surface area contributed by atoms with Crippen LogP contribution in [0.2, 0.25) is 0 Å². The van der Waals surface area contributed by atoms with Crippen molar-refractivity contribution in [3.8, 4) is 17.2 Å². The maximum atomic E-state index is 13.0. The van der Waals surface area contributed by atoms with E-state index in [9.17, 15) is 9.59 Å². The van der Waals surface area contributed by atoms with E-state index in [1.165, 1.54) is 0 Å². The van der Waals surface area contributed by atoms with Crippen LogP contribution >= 0.6 is 0 Å². The van der Waals surface area contributed by atoms with Gasteiger partial charge in [-0.3, -0.25) is 9.59 Å². The monoisotopic (exact) mass is 456 g/mol. The molecule has 2 atom stereocenters. The van der Waals surface area contributed by atoms with Crippen molar-refractivity contribution in [3.05, 3.63) is 53.6 Å². The Labute approximate surface area is 196 Å². The maximum absolute atomic E-state index is 13.0. The molecule has 2 aromatic rings. The first-order chi connectivity index (χ1) is 15.7. The molecular formula is C26H36N2O5. The van der Waals surface area contributed by atoms with Crippen LogP contribution in [0.15, 0.2) is 42.5 Å². The van der Waals surface area contributed by atoms with E-state index in [0.29, 0.717) is 29.4 Å². The fourth-order valence-corrected chi connectivity index (χ4v) is 3.32. The largest absolute Gasteiger partial charge is 0.494 e. The highest BCUT2D eigenvalue weighted by Crippen LogP contribution is 2.31. The molecule has 0 fully saturated rings. The van der Waals surface area contributed by atoms with Crippen molar-refractivity contribution in [2.24, 2.45) is 5.92 Å². The molecular weight excluding hydrogens is 420 g/mol. The molecule has 0 aliphatic heterocycles. The number of rotatable bonds is 11. The highest BCUT2D eigenvalue weighted by atomic mass is 16.5. The third-order valence-electron chi connectivity index (χ3n) is 5.07. The van der Waals surface area contributed by atoms with E-state index < -0.39 is 6.04 Å². The number of carbonyl (C=O) groups excluding carboxylic acids is 2. The fraction of sp³-hybridized carbons (Fsp3) is 0.462. The van der Waals surface area contributed by atoms with Crippen molar-refractivity contribution >= 4 is 11.8 Å². The Morgan fingerprint density at radius 2 is 1.58 bits per heavy atom. The Kier molecular flexibility index (Phi) is 9.57. The maximum Gasteiger partial charge on any atom is 0.251 e. The topological polar surface area (TPSA) is 85.9 Å². The molecule has 2 aromatic carbocycles. The zero-order chi connectivity index (χ0) is 24.5. The van der Waals surface area contributed by atoms with Gasteiger partial charge in [0.05, 0.1) is 25.9 Å². The van der Waals surface area contributed by atoms with Gasteiger partial charge < -0.3 is 24.8 Å². The summed E-state index contributed by atoms with van der Waals surface area (Å²) in [5.41, 5.74) is 1.34. The number of hydrogen-bond acceptors (Lipinski definition) is 5. The van der Waals surface area contributed by atoms with Gasteiger partial charge in [0.1, 0.15) is 11.8 Å². The van der Waals surface area contributed by atoms with Gasteiger partial charge in [0.15, 0.2) is 11.5 Å². The third kappa shape index (κ3) is 7.41. The second-order valence-electron chi connectivity index (χ2n) is 8.46. The molecule has 7 nitrogen and oxygen atoms in total. The van der Waals surface area contributed by atoms with Crippen molar-refractivity contribution in [3.63, 3.8) is 0 Å². The first kappa shape index (κ1) is 26.0. The molecule has 7 heteroatoms. The van der Waals surface area contributed by atoms with E-state index in [2.05, 4.69) is 10.6 Å². The summed E-state index contributed by atoms with van der Waals surface area (Å²) in [6, 6.07) is 11.5. The van der Waals surface area contributed by atoms with Crippen molar-refractivity contribution in [1.82, 2.24) is 10.6 Å². The van der Waals surface area contributed by atoms with Gasteiger partial charge in [-0.15, -0.1) is 0 Å². The summed E-state index contributed by atoms with van der Waals surface area (Å²) in [4.78, 5) is 25.8. The molecule has 2 rings (SSSR count). The average Bonchev–Trinajstić information content (AvgIpc) is 2.77. The lowest BCUT2D eigenvalue weighted by Gasteiger charge is -2.25. The molecule has 2 unspecified atom stereocenters. The Morgan fingerprint density at radius 3 is 2.12 bits per heavy atom. The van der Waals surface area contributed by atoms with Crippen molar-refractivity contribution in [2.75, 3.05) is 13.7 Å². The summed E-state index contributed by atoms with van der Waals surface area (Å²) in [6.07, 6.45) is 0.0210. The number of benzene rings is 2. The van der Waals surface area contributed by atoms with Crippen molar-refractivity contribution < 1.29 is 23.8 Å². The summed E-state index contributed by atoms with van der Waals surface area (Å²) in [5, 5.41) is 5.86. The van der Waals surface area contributed by atoms with Crippen molar-refractivity contribution in [1.29, 1.82) is 0 Å². The first-order valence-electron chi connectivity index (χ1n) is 11.3. The quantitative estimate of drug-likeness (QED) is 0.520. The van der Waals surface area contributed by atoms with Crippen LogP contribution in [0.3, 0.4) is 0 Å². The summed E-state index contributed by atoms with van der Waals surface area (Å²) in [7, 11) is 1.58. The Hall–Kier alpha value is -3.22. The summed E-state index contributed by atoms with van der Waals surface area (Å²) in [5.74, 6) is 1.29. The molecule has 2 amide bonds. The molecule has 0 aromatic heterocycles. The SMILES string of the molecule is CCOc1ccc(C(=O)NC(C(=O)NC(C)c2ccc(OC(C)C)c(OC)c2)C(C)C)cc1. The summed E-state index contributed by atoms with van der Waals surface area (Å²) >= 11 is 0. The normalized spacial score (nSPS) is 12.8. The zero-order valence-electron chi connectivity index (χ0n) is 20.6. The van der Waals surface area contributed by atoms with Gasteiger partial charge in [-0.25, -0.2) is 0 Å². The molecule has 33 heavy (non-hydrogen) atoms. The minimum atomic E-state index is -0.683. The standard InChI is InChI=1S/C26H36N2O5/c1-8-32-21-12-9-19(10-13-21)25(29)28-24(16(2)3)26(30)27-18(6)20-11-14-22(33-17(4)5)23(15-20)31-7/h9-18,24H,8H2,1-7H3,(H,27,30)(H,28,29). The van der Waals surface area contributed by atoms with Crippen LogP contribution in [-0.2, 0) is 4.79 Å². The molecule has 0 saturated carbocycles. The van der Waals surface area contributed by atoms with Crippen LogP contribution in [0.1, 0.15) is 63.5 Å². The van der Waals surface area contributed by atoms with Crippen LogP contribution in [0.4, 0.5) is 0 Å². The number of amides is 2. The molecule has 180 valence electrons. The van der Waals surface area contributed by atoms with E-state index in [1.54, 1.807) is 31.4 Å². The molecule has 0 radical (unpaired) electrons. The van der Waals surface area contributed by atoms with Crippen LogP contribution in [0, 0.1) is 5.92 Å². The highest BCUT2D eigenvalue weighted by Gasteiger charge is 2.26. The summed E-state index contributed by atoms with van der Waals surface area (Å²) in [6.45, 7) is 12.0. The van der Waals surface area contributed by atoms with E-state index in [4.69, 9.17) is 14.2 Å². The van der Waals surface area contributed by atoms with Crippen LogP contribution in [0.25, 0.3) is 0 Å². The number of carbonyl (C=O) groups is 2. The van der Waals surface area contributed by atoms with Crippen molar-refractivity contribution in [2.45, 2.75) is 59.7 Å². The second-order valence-corrected chi connectivity index (χ2v) is 8.46. The van der Waals surface area contributed by atoms with E-state index in [-0.39, 0.29) is 29.9 Å². The molecule has 0 bridgehead atoms. The predicted molar refractivity (Wildman–Crippen MR) is 129 cm³/mol. The Bertz CT molecular complexity index is 925.